The zero-order valence-corrected chi connectivity index (χ0v) is 15.7. The molecule has 0 saturated carbocycles. The molecule has 140 valence electrons. The molecule has 27 heavy (non-hydrogen) atoms. The normalized spacial score (nSPS) is 17.3. The van der Waals surface area contributed by atoms with Gasteiger partial charge >= 0.3 is 0 Å². The van der Waals surface area contributed by atoms with Crippen molar-refractivity contribution < 1.29 is 9.66 Å². The van der Waals surface area contributed by atoms with Gasteiger partial charge in [0.05, 0.1) is 10.4 Å². The largest absolute Gasteiger partial charge is 0.356 e. The van der Waals surface area contributed by atoms with Crippen molar-refractivity contribution in [2.45, 2.75) is 37.3 Å². The molecule has 1 unspecified atom stereocenters. The van der Waals surface area contributed by atoms with E-state index in [4.69, 9.17) is 15.0 Å². The van der Waals surface area contributed by atoms with Crippen molar-refractivity contribution in [3.05, 3.63) is 52.1 Å². The van der Waals surface area contributed by atoms with E-state index in [1.54, 1.807) is 13.0 Å². The summed E-state index contributed by atoms with van der Waals surface area (Å²) < 4.78 is 7.80. The van der Waals surface area contributed by atoms with Crippen LogP contribution >= 0.6 is 11.9 Å². The second kappa shape index (κ2) is 7.30. The van der Waals surface area contributed by atoms with E-state index in [0.717, 1.165) is 52.6 Å². The van der Waals surface area contributed by atoms with Crippen molar-refractivity contribution in [1.82, 2.24) is 9.78 Å². The van der Waals surface area contributed by atoms with Crippen LogP contribution in [-0.2, 0) is 4.74 Å². The highest BCUT2D eigenvalue weighted by Gasteiger charge is 2.24. The second-order valence-electron chi connectivity index (χ2n) is 6.67. The quantitative estimate of drug-likeness (QED) is 0.402. The van der Waals surface area contributed by atoms with Crippen LogP contribution in [0.15, 0.2) is 41.3 Å². The van der Waals surface area contributed by atoms with Crippen LogP contribution in [0.5, 0.6) is 0 Å². The highest BCUT2D eigenvalue weighted by atomic mass is 32.2. The van der Waals surface area contributed by atoms with Gasteiger partial charge in [0, 0.05) is 34.1 Å². The number of ether oxygens (including phenoxy) is 1. The molecule has 2 heterocycles. The summed E-state index contributed by atoms with van der Waals surface area (Å²) in [5.74, 6) is 0. The molecule has 1 saturated heterocycles. The molecule has 3 aromatic rings. The van der Waals surface area contributed by atoms with Gasteiger partial charge in [-0.15, -0.1) is 0 Å². The molecule has 2 N–H and O–H groups in total. The Bertz CT molecular complexity index is 1010. The minimum Gasteiger partial charge on any atom is -0.356 e. The minimum absolute atomic E-state index is 0.0946. The molecule has 1 fully saturated rings. The van der Waals surface area contributed by atoms with E-state index in [-0.39, 0.29) is 16.8 Å². The Morgan fingerprint density at radius 1 is 1.33 bits per heavy atom. The first-order valence-electron chi connectivity index (χ1n) is 8.84. The average molecular weight is 384 g/mol. The fourth-order valence-electron chi connectivity index (χ4n) is 3.54. The van der Waals surface area contributed by atoms with Crippen molar-refractivity contribution in [1.29, 1.82) is 0 Å². The smallest absolute Gasteiger partial charge is 0.273 e. The van der Waals surface area contributed by atoms with Crippen LogP contribution in [-0.4, -0.2) is 21.3 Å². The summed E-state index contributed by atoms with van der Waals surface area (Å²) in [5.41, 5.74) is 3.15. The van der Waals surface area contributed by atoms with Crippen LogP contribution < -0.4 is 5.14 Å². The fourth-order valence-corrected chi connectivity index (χ4v) is 3.89. The van der Waals surface area contributed by atoms with Gasteiger partial charge in [-0.2, -0.15) is 5.10 Å². The summed E-state index contributed by atoms with van der Waals surface area (Å²) in [6.07, 6.45) is 2.85. The number of fused-ring (bicyclic) bond motifs is 1. The van der Waals surface area contributed by atoms with E-state index in [1.807, 2.05) is 35.0 Å². The summed E-state index contributed by atoms with van der Waals surface area (Å²) in [4.78, 5) is 12.0. The molecule has 8 heteroatoms. The molecule has 0 spiro atoms. The van der Waals surface area contributed by atoms with Crippen LogP contribution in [0.25, 0.3) is 22.2 Å². The van der Waals surface area contributed by atoms with Gasteiger partial charge in [0.1, 0.15) is 5.69 Å². The van der Waals surface area contributed by atoms with E-state index < -0.39 is 0 Å². The molecule has 4 rings (SSSR count). The third-order valence-electron chi connectivity index (χ3n) is 4.89. The molecule has 1 aromatic heterocycles. The van der Waals surface area contributed by atoms with Gasteiger partial charge in [-0.05, 0) is 56.3 Å². The Balaban J connectivity index is 1.96. The highest BCUT2D eigenvalue weighted by Crippen LogP contribution is 2.36. The van der Waals surface area contributed by atoms with Crippen molar-refractivity contribution in [2.75, 3.05) is 6.61 Å². The molecule has 1 aliphatic rings. The van der Waals surface area contributed by atoms with Crippen LogP contribution in [0.2, 0.25) is 0 Å². The Kier molecular flexibility index (Phi) is 4.86. The highest BCUT2D eigenvalue weighted by molar-refractivity contribution is 7.97. The molecule has 0 radical (unpaired) electrons. The number of nitrogens with two attached hydrogens (primary N) is 1. The molecule has 0 aliphatic carbocycles. The Morgan fingerprint density at radius 2 is 2.19 bits per heavy atom. The first-order chi connectivity index (χ1) is 13.1. The number of aromatic nitrogens is 2. The summed E-state index contributed by atoms with van der Waals surface area (Å²) in [5, 5.41) is 22.7. The number of hydrogen-bond acceptors (Lipinski definition) is 6. The van der Waals surface area contributed by atoms with E-state index in [2.05, 4.69) is 0 Å². The topological polar surface area (TPSA) is 96.2 Å². The van der Waals surface area contributed by atoms with Gasteiger partial charge in [-0.25, -0.2) is 4.68 Å². The number of rotatable bonds is 4. The third kappa shape index (κ3) is 3.31. The average Bonchev–Trinajstić information content (AvgIpc) is 3.06. The first kappa shape index (κ1) is 18.0. The lowest BCUT2D eigenvalue weighted by Crippen LogP contribution is -2.19. The summed E-state index contributed by atoms with van der Waals surface area (Å²) in [6, 6.07) is 11.2. The zero-order valence-electron chi connectivity index (χ0n) is 14.9. The van der Waals surface area contributed by atoms with Gasteiger partial charge in [0.2, 0.25) is 0 Å². The number of aryl methyl sites for hydroxylation is 1. The SMILES string of the molecule is Cc1cc2c(cc1[N+](=O)[O-])c(-c1cccc(SN)c1)nn2C1CCCCO1. The zero-order chi connectivity index (χ0) is 19.0. The van der Waals surface area contributed by atoms with Gasteiger partial charge in [-0.3, -0.25) is 15.3 Å². The maximum absolute atomic E-state index is 11.5. The van der Waals surface area contributed by atoms with Gasteiger partial charge < -0.3 is 4.74 Å². The Labute approximate surface area is 160 Å². The predicted molar refractivity (Wildman–Crippen MR) is 105 cm³/mol. The van der Waals surface area contributed by atoms with E-state index in [0.29, 0.717) is 17.9 Å². The lowest BCUT2D eigenvalue weighted by Gasteiger charge is -2.23. The van der Waals surface area contributed by atoms with E-state index >= 15 is 0 Å². The second-order valence-corrected chi connectivity index (χ2v) is 7.38. The summed E-state index contributed by atoms with van der Waals surface area (Å²) in [6.45, 7) is 2.45. The summed E-state index contributed by atoms with van der Waals surface area (Å²) >= 11 is 1.16. The van der Waals surface area contributed by atoms with Gasteiger partial charge in [-0.1, -0.05) is 12.1 Å². The molecule has 0 amide bonds. The van der Waals surface area contributed by atoms with Crippen molar-refractivity contribution in [3.63, 3.8) is 0 Å². The number of nitro groups is 1. The number of nitro benzene ring substituents is 1. The van der Waals surface area contributed by atoms with Gasteiger partial charge in [0.15, 0.2) is 6.23 Å². The molecule has 1 aliphatic heterocycles. The molecule has 1 atom stereocenters. The summed E-state index contributed by atoms with van der Waals surface area (Å²) in [7, 11) is 0. The fraction of sp³-hybridized carbons (Fsp3) is 0.316. The molecular weight excluding hydrogens is 364 g/mol. The maximum Gasteiger partial charge on any atom is 0.273 e. The monoisotopic (exact) mass is 384 g/mol. The van der Waals surface area contributed by atoms with Crippen LogP contribution in [0.3, 0.4) is 0 Å². The molecular formula is C19H20N4O3S. The number of hydrogen-bond donors (Lipinski definition) is 1. The van der Waals surface area contributed by atoms with E-state index in [9.17, 15) is 10.1 Å². The van der Waals surface area contributed by atoms with Crippen molar-refractivity contribution >= 4 is 28.5 Å². The molecule has 0 bridgehead atoms. The van der Waals surface area contributed by atoms with Crippen molar-refractivity contribution in [2.24, 2.45) is 5.14 Å². The Morgan fingerprint density at radius 3 is 2.89 bits per heavy atom. The van der Waals surface area contributed by atoms with Crippen LogP contribution in [0.1, 0.15) is 31.1 Å². The lowest BCUT2D eigenvalue weighted by molar-refractivity contribution is -0.385. The third-order valence-corrected chi connectivity index (χ3v) is 5.42. The lowest BCUT2D eigenvalue weighted by atomic mass is 10.0. The molecule has 2 aromatic carbocycles. The van der Waals surface area contributed by atoms with E-state index in [1.165, 1.54) is 0 Å². The predicted octanol–water partition coefficient (Wildman–Crippen LogP) is 4.58. The Hall–Kier alpha value is -2.42. The number of benzene rings is 2. The molecule has 7 nitrogen and oxygen atoms in total. The number of nitrogens with zero attached hydrogens (tertiary/aromatic N) is 3. The first-order valence-corrected chi connectivity index (χ1v) is 9.72. The van der Waals surface area contributed by atoms with Crippen LogP contribution in [0.4, 0.5) is 5.69 Å². The minimum atomic E-state index is -0.348. The van der Waals surface area contributed by atoms with Gasteiger partial charge in [0.25, 0.3) is 5.69 Å². The standard InChI is InChI=1S/C19H20N4O3S/c1-12-9-17-15(11-16(12)23(24)25)19(13-5-4-6-14(10-13)27-20)21-22(17)18-7-2-3-8-26-18/h4-6,9-11,18H,2-3,7-8,20H2,1H3. The maximum atomic E-state index is 11.5. The van der Waals surface area contributed by atoms with Crippen molar-refractivity contribution in [3.8, 4) is 11.3 Å². The van der Waals surface area contributed by atoms with Crippen LogP contribution in [0, 0.1) is 17.0 Å².